The molecule has 2 aliphatic rings. The third-order valence-corrected chi connectivity index (χ3v) is 5.97. The lowest BCUT2D eigenvalue weighted by Gasteiger charge is -2.36. The Bertz CT molecular complexity index is 507. The van der Waals surface area contributed by atoms with Gasteiger partial charge in [0.2, 0.25) is 5.91 Å². The van der Waals surface area contributed by atoms with Gasteiger partial charge < -0.3 is 10.6 Å². The lowest BCUT2D eigenvalue weighted by atomic mass is 9.93. The molecule has 1 aliphatic heterocycles. The molecule has 3 rings (SSSR count). The number of thiazole rings is 1. The van der Waals surface area contributed by atoms with Gasteiger partial charge in [-0.15, -0.1) is 11.3 Å². The summed E-state index contributed by atoms with van der Waals surface area (Å²) < 4.78 is 0. The van der Waals surface area contributed by atoms with E-state index in [1.54, 1.807) is 11.3 Å². The van der Waals surface area contributed by atoms with E-state index in [0.717, 1.165) is 58.0 Å². The molecule has 0 bridgehead atoms. The summed E-state index contributed by atoms with van der Waals surface area (Å²) >= 11 is 1.75. The summed E-state index contributed by atoms with van der Waals surface area (Å²) in [5, 5.41) is 3.35. The minimum atomic E-state index is -0.584. The van der Waals surface area contributed by atoms with Crippen LogP contribution in [0.15, 0.2) is 5.38 Å². The first kappa shape index (κ1) is 15.0. The molecule has 116 valence electrons. The number of hydrogen-bond donors (Lipinski definition) is 1. The second-order valence-corrected chi connectivity index (χ2v) is 7.37. The lowest BCUT2D eigenvalue weighted by Crippen LogP contribution is -2.55. The van der Waals surface area contributed by atoms with Crippen LogP contribution >= 0.6 is 11.3 Å². The van der Waals surface area contributed by atoms with Gasteiger partial charge in [-0.25, -0.2) is 4.98 Å². The molecular formula is C16H25N3OS. The van der Waals surface area contributed by atoms with Crippen LogP contribution in [0.25, 0.3) is 0 Å². The Kier molecular flexibility index (Phi) is 4.31. The Morgan fingerprint density at radius 1 is 1.48 bits per heavy atom. The molecule has 1 aromatic rings. The first-order chi connectivity index (χ1) is 10.1. The maximum Gasteiger partial charge on any atom is 0.242 e. The topological polar surface area (TPSA) is 59.2 Å². The Balaban J connectivity index is 1.69. The molecule has 0 unspecified atom stereocenters. The highest BCUT2D eigenvalue weighted by molar-refractivity contribution is 7.09. The largest absolute Gasteiger partial charge is 0.340 e. The summed E-state index contributed by atoms with van der Waals surface area (Å²) in [6.07, 6.45) is 7.06. The zero-order valence-electron chi connectivity index (χ0n) is 12.8. The molecule has 2 heterocycles. The van der Waals surface area contributed by atoms with E-state index in [-0.39, 0.29) is 5.91 Å². The molecule has 0 radical (unpaired) electrons. The smallest absolute Gasteiger partial charge is 0.242 e. The molecule has 5 heteroatoms. The number of amides is 1. The molecule has 1 saturated heterocycles. The van der Waals surface area contributed by atoms with E-state index in [1.165, 1.54) is 10.7 Å². The number of likely N-dealkylation sites (tertiary alicyclic amines) is 1. The van der Waals surface area contributed by atoms with Gasteiger partial charge >= 0.3 is 0 Å². The molecule has 1 amide bonds. The Labute approximate surface area is 130 Å². The second-order valence-electron chi connectivity index (χ2n) is 6.48. The van der Waals surface area contributed by atoms with E-state index in [9.17, 15) is 4.79 Å². The predicted molar refractivity (Wildman–Crippen MR) is 85.4 cm³/mol. The zero-order valence-corrected chi connectivity index (χ0v) is 13.6. The molecule has 1 aliphatic carbocycles. The van der Waals surface area contributed by atoms with Crippen molar-refractivity contribution in [3.8, 4) is 0 Å². The van der Waals surface area contributed by atoms with Crippen molar-refractivity contribution in [1.82, 2.24) is 9.88 Å². The Morgan fingerprint density at radius 3 is 2.90 bits per heavy atom. The van der Waals surface area contributed by atoms with Gasteiger partial charge in [-0.1, -0.05) is 19.8 Å². The van der Waals surface area contributed by atoms with E-state index in [4.69, 9.17) is 10.7 Å². The maximum atomic E-state index is 12.7. The van der Waals surface area contributed by atoms with E-state index in [1.807, 2.05) is 4.90 Å². The molecular weight excluding hydrogens is 282 g/mol. The molecule has 1 atom stereocenters. The SMILES string of the molecule is CCc1csc([C@H]2CCCN(C(=O)C3(N)CCCC3)C2)n1. The van der Waals surface area contributed by atoms with Crippen LogP contribution in [0.1, 0.15) is 62.1 Å². The fourth-order valence-electron chi connectivity index (χ4n) is 3.57. The first-order valence-corrected chi connectivity index (χ1v) is 9.03. The average Bonchev–Trinajstić information content (AvgIpc) is 3.16. The van der Waals surface area contributed by atoms with Gasteiger partial charge in [0.05, 0.1) is 16.2 Å². The van der Waals surface area contributed by atoms with Gasteiger partial charge in [0.15, 0.2) is 0 Å². The van der Waals surface area contributed by atoms with Crippen molar-refractivity contribution in [3.63, 3.8) is 0 Å². The van der Waals surface area contributed by atoms with Crippen LogP contribution in [-0.4, -0.2) is 34.4 Å². The van der Waals surface area contributed by atoms with Crippen LogP contribution in [0.5, 0.6) is 0 Å². The van der Waals surface area contributed by atoms with E-state index in [2.05, 4.69) is 12.3 Å². The number of carbonyl (C=O) groups is 1. The molecule has 2 N–H and O–H groups in total. The summed E-state index contributed by atoms with van der Waals surface area (Å²) in [7, 11) is 0. The van der Waals surface area contributed by atoms with Gasteiger partial charge in [0.25, 0.3) is 0 Å². The Hall–Kier alpha value is -0.940. The minimum Gasteiger partial charge on any atom is -0.340 e. The molecule has 4 nitrogen and oxygen atoms in total. The van der Waals surface area contributed by atoms with Gasteiger partial charge in [-0.2, -0.15) is 0 Å². The highest BCUT2D eigenvalue weighted by Crippen LogP contribution is 2.33. The zero-order chi connectivity index (χ0) is 14.9. The van der Waals surface area contributed by atoms with Crippen molar-refractivity contribution >= 4 is 17.2 Å². The molecule has 2 fully saturated rings. The van der Waals surface area contributed by atoms with Crippen LogP contribution in [0.4, 0.5) is 0 Å². The van der Waals surface area contributed by atoms with Gasteiger partial charge in [-0.05, 0) is 32.1 Å². The molecule has 21 heavy (non-hydrogen) atoms. The number of nitrogens with two attached hydrogens (primary N) is 1. The monoisotopic (exact) mass is 307 g/mol. The summed E-state index contributed by atoms with van der Waals surface area (Å²) in [6.45, 7) is 3.79. The van der Waals surface area contributed by atoms with Crippen molar-refractivity contribution in [3.05, 3.63) is 16.1 Å². The number of aryl methyl sites for hydroxylation is 1. The van der Waals surface area contributed by atoms with E-state index >= 15 is 0 Å². The van der Waals surface area contributed by atoms with Crippen molar-refractivity contribution in [1.29, 1.82) is 0 Å². The highest BCUT2D eigenvalue weighted by Gasteiger charge is 2.41. The molecule has 1 saturated carbocycles. The minimum absolute atomic E-state index is 0.178. The van der Waals surface area contributed by atoms with Gasteiger partial charge in [0, 0.05) is 24.4 Å². The molecule has 0 spiro atoms. The third-order valence-electron chi connectivity index (χ3n) is 4.91. The number of carbonyl (C=O) groups excluding carboxylic acids is 1. The normalized spacial score (nSPS) is 25.2. The second kappa shape index (κ2) is 6.05. The standard InChI is InChI=1S/C16H25N3OS/c1-2-13-11-21-14(18-13)12-6-5-9-19(10-12)15(20)16(17)7-3-4-8-16/h11-12H,2-10,17H2,1H3/t12-/m0/s1. The number of aromatic nitrogens is 1. The number of nitrogens with zero attached hydrogens (tertiary/aromatic N) is 2. The van der Waals surface area contributed by atoms with E-state index < -0.39 is 5.54 Å². The molecule has 0 aromatic carbocycles. The van der Waals surface area contributed by atoms with E-state index in [0.29, 0.717) is 5.92 Å². The van der Waals surface area contributed by atoms with Crippen molar-refractivity contribution in [2.24, 2.45) is 5.73 Å². The number of piperidine rings is 1. The van der Waals surface area contributed by atoms with Crippen LogP contribution in [0.2, 0.25) is 0 Å². The fourth-order valence-corrected chi connectivity index (χ4v) is 4.60. The van der Waals surface area contributed by atoms with Gasteiger partial charge in [-0.3, -0.25) is 4.79 Å². The summed E-state index contributed by atoms with van der Waals surface area (Å²) in [4.78, 5) is 19.5. The fraction of sp³-hybridized carbons (Fsp3) is 0.750. The quantitative estimate of drug-likeness (QED) is 0.934. The van der Waals surface area contributed by atoms with Crippen molar-refractivity contribution < 1.29 is 4.79 Å². The number of hydrogen-bond acceptors (Lipinski definition) is 4. The summed E-state index contributed by atoms with van der Waals surface area (Å²) in [5.74, 6) is 0.579. The number of rotatable bonds is 3. The highest BCUT2D eigenvalue weighted by atomic mass is 32.1. The van der Waals surface area contributed by atoms with Crippen LogP contribution in [-0.2, 0) is 11.2 Å². The first-order valence-electron chi connectivity index (χ1n) is 8.15. The lowest BCUT2D eigenvalue weighted by molar-refractivity contribution is -0.138. The third kappa shape index (κ3) is 2.99. The molecule has 1 aromatic heterocycles. The van der Waals surface area contributed by atoms with Crippen molar-refractivity contribution in [2.45, 2.75) is 63.3 Å². The van der Waals surface area contributed by atoms with Gasteiger partial charge in [0.1, 0.15) is 0 Å². The Morgan fingerprint density at radius 2 is 2.24 bits per heavy atom. The van der Waals surface area contributed by atoms with Crippen molar-refractivity contribution in [2.75, 3.05) is 13.1 Å². The summed E-state index contributed by atoms with van der Waals surface area (Å²) in [5.41, 5.74) is 6.93. The predicted octanol–water partition coefficient (Wildman–Crippen LogP) is 2.68. The average molecular weight is 307 g/mol. The maximum absolute atomic E-state index is 12.7. The van der Waals surface area contributed by atoms with Crippen LogP contribution in [0.3, 0.4) is 0 Å². The van der Waals surface area contributed by atoms with Crippen LogP contribution < -0.4 is 5.73 Å². The van der Waals surface area contributed by atoms with Crippen LogP contribution in [0, 0.1) is 0 Å². The summed E-state index contributed by atoms with van der Waals surface area (Å²) in [6, 6.07) is 0.